The Balaban J connectivity index is 1.34. The summed E-state index contributed by atoms with van der Waals surface area (Å²) in [5, 5.41) is 17.7. The first-order chi connectivity index (χ1) is 12.7. The van der Waals surface area contributed by atoms with Crippen molar-refractivity contribution in [1.29, 1.82) is 0 Å². The molecule has 0 aliphatic carbocycles. The molecule has 8 nitrogen and oxygen atoms in total. The Morgan fingerprint density at radius 1 is 1.31 bits per heavy atom. The third-order valence-corrected chi connectivity index (χ3v) is 4.47. The third-order valence-electron chi connectivity index (χ3n) is 4.22. The number of hydrogen-bond donors (Lipinski definition) is 3. The molecule has 3 heterocycles. The minimum absolute atomic E-state index is 0.193. The quantitative estimate of drug-likeness (QED) is 0.629. The van der Waals surface area contributed by atoms with Gasteiger partial charge in [-0.15, -0.1) is 0 Å². The van der Waals surface area contributed by atoms with Gasteiger partial charge in [0.25, 0.3) is 5.91 Å². The molecule has 1 aliphatic heterocycles. The van der Waals surface area contributed by atoms with Gasteiger partial charge in [0, 0.05) is 35.7 Å². The van der Waals surface area contributed by atoms with E-state index >= 15 is 0 Å². The van der Waals surface area contributed by atoms with Gasteiger partial charge in [-0.1, -0.05) is 16.8 Å². The molecule has 0 bridgehead atoms. The maximum atomic E-state index is 12.3. The summed E-state index contributed by atoms with van der Waals surface area (Å²) in [5.74, 6) is 0.766. The third kappa shape index (κ3) is 3.47. The van der Waals surface area contributed by atoms with Crippen LogP contribution in [-0.2, 0) is 19.4 Å². The zero-order valence-electron chi connectivity index (χ0n) is 13.9. The maximum Gasteiger partial charge on any atom is 0.272 e. The standard InChI is InChI=1S/C17H17ClN6O2/c18-11-3-1-10(2-4-11)16-21-14(26-24-16)6-8-20-17(25)15-12-5-7-19-9-13(12)22-23-15/h1-4,19H,5-9H2,(H,20,25)(H,22,23). The van der Waals surface area contributed by atoms with E-state index in [1.807, 2.05) is 12.1 Å². The lowest BCUT2D eigenvalue weighted by molar-refractivity contribution is 0.0947. The van der Waals surface area contributed by atoms with Crippen LogP contribution in [0.15, 0.2) is 28.8 Å². The van der Waals surface area contributed by atoms with Crippen LogP contribution in [0.3, 0.4) is 0 Å². The van der Waals surface area contributed by atoms with E-state index in [2.05, 4.69) is 31.0 Å². The second-order valence-electron chi connectivity index (χ2n) is 5.98. The number of halogens is 1. The van der Waals surface area contributed by atoms with Gasteiger partial charge in [0.05, 0.1) is 5.69 Å². The number of aromatic amines is 1. The Morgan fingerprint density at radius 2 is 2.15 bits per heavy atom. The molecule has 0 saturated carbocycles. The number of rotatable bonds is 5. The Hall–Kier alpha value is -2.71. The average Bonchev–Trinajstić information content (AvgIpc) is 3.29. The molecule has 1 aromatic carbocycles. The number of fused-ring (bicyclic) bond motifs is 1. The van der Waals surface area contributed by atoms with Crippen molar-refractivity contribution in [2.45, 2.75) is 19.4 Å². The fourth-order valence-electron chi connectivity index (χ4n) is 2.87. The summed E-state index contributed by atoms with van der Waals surface area (Å²) in [6, 6.07) is 7.20. The van der Waals surface area contributed by atoms with Crippen molar-refractivity contribution in [3.8, 4) is 11.4 Å². The predicted octanol–water partition coefficient (Wildman–Crippen LogP) is 1.73. The second-order valence-corrected chi connectivity index (χ2v) is 6.42. The molecule has 3 aromatic rings. The van der Waals surface area contributed by atoms with Crippen LogP contribution in [0.25, 0.3) is 11.4 Å². The van der Waals surface area contributed by atoms with Crippen molar-refractivity contribution >= 4 is 17.5 Å². The second kappa shape index (κ2) is 7.27. The summed E-state index contributed by atoms with van der Waals surface area (Å²) >= 11 is 5.87. The molecule has 26 heavy (non-hydrogen) atoms. The number of nitrogens with zero attached hydrogens (tertiary/aromatic N) is 3. The fourth-order valence-corrected chi connectivity index (χ4v) is 3.00. The molecule has 0 fully saturated rings. The number of H-pyrrole nitrogens is 1. The molecule has 2 aromatic heterocycles. The molecular formula is C17H17ClN6O2. The van der Waals surface area contributed by atoms with Crippen molar-refractivity contribution < 1.29 is 9.32 Å². The summed E-state index contributed by atoms with van der Waals surface area (Å²) in [6.45, 7) is 1.95. The minimum atomic E-state index is -0.193. The van der Waals surface area contributed by atoms with Crippen molar-refractivity contribution in [3.63, 3.8) is 0 Å². The Morgan fingerprint density at radius 3 is 3.00 bits per heavy atom. The number of carbonyl (C=O) groups excluding carboxylic acids is 1. The Labute approximate surface area is 154 Å². The summed E-state index contributed by atoms with van der Waals surface area (Å²) in [4.78, 5) is 16.7. The van der Waals surface area contributed by atoms with Gasteiger partial charge in [-0.2, -0.15) is 10.1 Å². The molecule has 9 heteroatoms. The highest BCUT2D eigenvalue weighted by atomic mass is 35.5. The van der Waals surface area contributed by atoms with Crippen LogP contribution in [-0.4, -0.2) is 39.3 Å². The van der Waals surface area contributed by atoms with Gasteiger partial charge in [-0.25, -0.2) is 0 Å². The molecule has 1 amide bonds. The zero-order valence-corrected chi connectivity index (χ0v) is 14.6. The van der Waals surface area contributed by atoms with Gasteiger partial charge >= 0.3 is 0 Å². The maximum absolute atomic E-state index is 12.3. The fraction of sp³-hybridized carbons (Fsp3) is 0.294. The highest BCUT2D eigenvalue weighted by molar-refractivity contribution is 6.30. The van der Waals surface area contributed by atoms with Crippen LogP contribution < -0.4 is 10.6 Å². The molecule has 1 aliphatic rings. The summed E-state index contributed by atoms with van der Waals surface area (Å²) in [6.07, 6.45) is 1.24. The van der Waals surface area contributed by atoms with Crippen molar-refractivity contribution in [2.75, 3.05) is 13.1 Å². The van der Waals surface area contributed by atoms with E-state index in [1.165, 1.54) is 0 Å². The van der Waals surface area contributed by atoms with Crippen LogP contribution >= 0.6 is 11.6 Å². The molecule has 134 valence electrons. The molecule has 0 unspecified atom stereocenters. The molecule has 0 radical (unpaired) electrons. The van der Waals surface area contributed by atoms with E-state index in [4.69, 9.17) is 16.1 Å². The van der Waals surface area contributed by atoms with Gasteiger partial charge in [0.15, 0.2) is 5.69 Å². The molecule has 3 N–H and O–H groups in total. The number of nitrogens with one attached hydrogen (secondary N) is 3. The minimum Gasteiger partial charge on any atom is -0.350 e. The van der Waals surface area contributed by atoms with E-state index in [1.54, 1.807) is 12.1 Å². The zero-order chi connectivity index (χ0) is 17.9. The summed E-state index contributed by atoms with van der Waals surface area (Å²) in [7, 11) is 0. The number of amides is 1. The van der Waals surface area contributed by atoms with E-state index < -0.39 is 0 Å². The monoisotopic (exact) mass is 372 g/mol. The smallest absolute Gasteiger partial charge is 0.272 e. The molecule has 0 saturated heterocycles. The predicted molar refractivity (Wildman–Crippen MR) is 94.8 cm³/mol. The van der Waals surface area contributed by atoms with Crippen LogP contribution in [0.4, 0.5) is 0 Å². The largest absolute Gasteiger partial charge is 0.350 e. The first-order valence-electron chi connectivity index (χ1n) is 8.34. The van der Waals surface area contributed by atoms with Gasteiger partial charge < -0.3 is 15.2 Å². The lowest BCUT2D eigenvalue weighted by Crippen LogP contribution is -2.29. The number of benzene rings is 1. The van der Waals surface area contributed by atoms with Crippen LogP contribution in [0.1, 0.15) is 27.6 Å². The van der Waals surface area contributed by atoms with Gasteiger partial charge in [-0.05, 0) is 37.2 Å². The molecule has 0 spiro atoms. The number of hydrogen-bond acceptors (Lipinski definition) is 6. The lowest BCUT2D eigenvalue weighted by atomic mass is 10.1. The van der Waals surface area contributed by atoms with E-state index in [0.29, 0.717) is 41.9 Å². The van der Waals surface area contributed by atoms with E-state index in [9.17, 15) is 4.79 Å². The van der Waals surface area contributed by atoms with Crippen LogP contribution in [0.5, 0.6) is 0 Å². The van der Waals surface area contributed by atoms with Gasteiger partial charge in [-0.3, -0.25) is 9.89 Å². The highest BCUT2D eigenvalue weighted by Crippen LogP contribution is 2.19. The van der Waals surface area contributed by atoms with Gasteiger partial charge in [0.1, 0.15) is 0 Å². The SMILES string of the molecule is O=C(NCCc1nc(-c2ccc(Cl)cc2)no1)c1n[nH]c2c1CCNC2. The van der Waals surface area contributed by atoms with Gasteiger partial charge in [0.2, 0.25) is 11.7 Å². The Bertz CT molecular complexity index is 918. The number of aromatic nitrogens is 4. The number of carbonyl (C=O) groups is 1. The lowest BCUT2D eigenvalue weighted by Gasteiger charge is -2.12. The van der Waals surface area contributed by atoms with Crippen molar-refractivity contribution in [2.24, 2.45) is 0 Å². The average molecular weight is 373 g/mol. The van der Waals surface area contributed by atoms with Crippen LogP contribution in [0, 0.1) is 0 Å². The topological polar surface area (TPSA) is 109 Å². The molecule has 4 rings (SSSR count). The first-order valence-corrected chi connectivity index (χ1v) is 8.72. The highest BCUT2D eigenvalue weighted by Gasteiger charge is 2.21. The van der Waals surface area contributed by atoms with E-state index in [0.717, 1.165) is 29.8 Å². The summed E-state index contributed by atoms with van der Waals surface area (Å²) < 4.78 is 5.24. The first kappa shape index (κ1) is 16.7. The normalized spacial score (nSPS) is 13.4. The Kier molecular flexibility index (Phi) is 4.68. The van der Waals surface area contributed by atoms with E-state index in [-0.39, 0.29) is 5.91 Å². The molecular weight excluding hydrogens is 356 g/mol. The summed E-state index contributed by atoms with van der Waals surface area (Å²) in [5.41, 5.74) is 3.26. The van der Waals surface area contributed by atoms with Crippen LogP contribution in [0.2, 0.25) is 5.02 Å². The van der Waals surface area contributed by atoms with Crippen molar-refractivity contribution in [1.82, 2.24) is 31.0 Å². The molecule has 0 atom stereocenters. The van der Waals surface area contributed by atoms with Crippen molar-refractivity contribution in [3.05, 3.63) is 52.1 Å².